The van der Waals surface area contributed by atoms with E-state index in [1.54, 1.807) is 29.2 Å². The maximum Gasteiger partial charge on any atom is 0.239 e. The van der Waals surface area contributed by atoms with Gasteiger partial charge in [-0.1, -0.05) is 48.0 Å². The molecule has 0 bridgehead atoms. The third-order valence-electron chi connectivity index (χ3n) is 4.66. The summed E-state index contributed by atoms with van der Waals surface area (Å²) >= 11 is 5.94. The maximum atomic E-state index is 12.8. The van der Waals surface area contributed by atoms with E-state index in [-0.39, 0.29) is 11.8 Å². The van der Waals surface area contributed by atoms with E-state index in [4.69, 9.17) is 11.6 Å². The van der Waals surface area contributed by atoms with Crippen LogP contribution in [-0.4, -0.2) is 18.4 Å². The highest BCUT2D eigenvalue weighted by atomic mass is 35.5. The van der Waals surface area contributed by atoms with Gasteiger partial charge in [-0.15, -0.1) is 0 Å². The molecule has 4 rings (SSSR count). The van der Waals surface area contributed by atoms with Crippen LogP contribution in [0.1, 0.15) is 6.42 Å². The standard InChI is InChI=1S/C21H17ClN2O2/c22-16-6-3-7-17(13-16)23-20(25)19-10-11-24(21(19)26)18-9-8-14-4-1-2-5-15(14)12-18/h1-9,12-13,19H,10-11H2,(H,23,25)/t19-/m0/s1. The van der Waals surface area contributed by atoms with Gasteiger partial charge in [0.2, 0.25) is 11.8 Å². The summed E-state index contributed by atoms with van der Waals surface area (Å²) in [5.41, 5.74) is 1.42. The van der Waals surface area contributed by atoms with Crippen molar-refractivity contribution in [1.82, 2.24) is 0 Å². The molecule has 0 radical (unpaired) electrons. The summed E-state index contributed by atoms with van der Waals surface area (Å²) in [5, 5.41) is 5.52. The number of halogens is 1. The van der Waals surface area contributed by atoms with Gasteiger partial charge in [-0.3, -0.25) is 9.59 Å². The van der Waals surface area contributed by atoms with Crippen LogP contribution < -0.4 is 10.2 Å². The summed E-state index contributed by atoms with van der Waals surface area (Å²) in [6.07, 6.45) is 0.498. The number of amides is 2. The number of nitrogens with zero attached hydrogens (tertiary/aromatic N) is 1. The maximum absolute atomic E-state index is 12.8. The van der Waals surface area contributed by atoms with Crippen molar-refractivity contribution in [3.63, 3.8) is 0 Å². The molecule has 1 fully saturated rings. The molecule has 1 heterocycles. The summed E-state index contributed by atoms with van der Waals surface area (Å²) in [6.45, 7) is 0.533. The van der Waals surface area contributed by atoms with Crippen LogP contribution in [-0.2, 0) is 9.59 Å². The molecular formula is C21H17ClN2O2. The fourth-order valence-electron chi connectivity index (χ4n) is 3.32. The number of carbonyl (C=O) groups is 2. The van der Waals surface area contributed by atoms with Gasteiger partial charge in [-0.05, 0) is 47.5 Å². The van der Waals surface area contributed by atoms with Crippen molar-refractivity contribution in [3.8, 4) is 0 Å². The predicted molar refractivity (Wildman–Crippen MR) is 104 cm³/mol. The van der Waals surface area contributed by atoms with E-state index in [0.717, 1.165) is 16.5 Å². The Balaban J connectivity index is 1.52. The van der Waals surface area contributed by atoms with Crippen LogP contribution in [0.2, 0.25) is 5.02 Å². The highest BCUT2D eigenvalue weighted by molar-refractivity contribution is 6.31. The Morgan fingerprint density at radius 2 is 1.81 bits per heavy atom. The highest BCUT2D eigenvalue weighted by Crippen LogP contribution is 2.29. The van der Waals surface area contributed by atoms with Crippen LogP contribution in [0, 0.1) is 5.92 Å². The van der Waals surface area contributed by atoms with Gasteiger partial charge in [-0.2, -0.15) is 0 Å². The third-order valence-corrected chi connectivity index (χ3v) is 4.89. The molecule has 1 aliphatic rings. The molecule has 4 nitrogen and oxygen atoms in total. The first-order valence-corrected chi connectivity index (χ1v) is 8.86. The van der Waals surface area contributed by atoms with E-state index in [1.807, 2.05) is 42.5 Å². The van der Waals surface area contributed by atoms with Crippen molar-refractivity contribution in [2.75, 3.05) is 16.8 Å². The van der Waals surface area contributed by atoms with Crippen LogP contribution in [0.5, 0.6) is 0 Å². The number of fused-ring (bicyclic) bond motifs is 1. The number of nitrogens with one attached hydrogen (secondary N) is 1. The molecule has 1 atom stereocenters. The van der Waals surface area contributed by atoms with Gasteiger partial charge < -0.3 is 10.2 Å². The second kappa shape index (κ2) is 6.81. The van der Waals surface area contributed by atoms with Crippen molar-refractivity contribution >= 4 is 45.6 Å². The Bertz CT molecular complexity index is 1000. The molecule has 1 aliphatic heterocycles. The fourth-order valence-corrected chi connectivity index (χ4v) is 3.51. The highest BCUT2D eigenvalue weighted by Gasteiger charge is 2.37. The first-order chi connectivity index (χ1) is 12.6. The minimum Gasteiger partial charge on any atom is -0.325 e. The summed E-state index contributed by atoms with van der Waals surface area (Å²) in [7, 11) is 0. The van der Waals surface area contributed by atoms with Gasteiger partial charge in [0, 0.05) is 22.9 Å². The Labute approximate surface area is 156 Å². The van der Waals surface area contributed by atoms with E-state index in [0.29, 0.717) is 23.7 Å². The molecule has 1 N–H and O–H groups in total. The predicted octanol–water partition coefficient (Wildman–Crippen LogP) is 4.48. The van der Waals surface area contributed by atoms with Crippen LogP contribution in [0.4, 0.5) is 11.4 Å². The quantitative estimate of drug-likeness (QED) is 0.696. The van der Waals surface area contributed by atoms with Gasteiger partial charge in [-0.25, -0.2) is 0 Å². The Hall–Kier alpha value is -2.85. The molecule has 0 saturated carbocycles. The summed E-state index contributed by atoms with van der Waals surface area (Å²) in [4.78, 5) is 27.0. The summed E-state index contributed by atoms with van der Waals surface area (Å²) in [6, 6.07) is 20.8. The lowest BCUT2D eigenvalue weighted by Crippen LogP contribution is -2.33. The smallest absolute Gasteiger partial charge is 0.239 e. The molecule has 130 valence electrons. The molecular weight excluding hydrogens is 348 g/mol. The second-order valence-corrected chi connectivity index (χ2v) is 6.80. The van der Waals surface area contributed by atoms with Crippen molar-refractivity contribution in [1.29, 1.82) is 0 Å². The first kappa shape index (κ1) is 16.6. The molecule has 3 aromatic rings. The zero-order chi connectivity index (χ0) is 18.1. The molecule has 5 heteroatoms. The average Bonchev–Trinajstić information content (AvgIpc) is 3.03. The topological polar surface area (TPSA) is 49.4 Å². The second-order valence-electron chi connectivity index (χ2n) is 6.36. The zero-order valence-electron chi connectivity index (χ0n) is 14.0. The van der Waals surface area contributed by atoms with E-state index in [2.05, 4.69) is 5.32 Å². The molecule has 1 saturated heterocycles. The largest absolute Gasteiger partial charge is 0.325 e. The number of rotatable bonds is 3. The van der Waals surface area contributed by atoms with Crippen LogP contribution in [0.3, 0.4) is 0 Å². The molecule has 3 aromatic carbocycles. The Kier molecular flexibility index (Phi) is 4.35. The van der Waals surface area contributed by atoms with Crippen molar-refractivity contribution in [3.05, 3.63) is 71.8 Å². The van der Waals surface area contributed by atoms with E-state index in [1.165, 1.54) is 0 Å². The fraction of sp³-hybridized carbons (Fsp3) is 0.143. The molecule has 26 heavy (non-hydrogen) atoms. The number of benzene rings is 3. The van der Waals surface area contributed by atoms with Gasteiger partial charge >= 0.3 is 0 Å². The normalized spacial score (nSPS) is 16.9. The van der Waals surface area contributed by atoms with Gasteiger partial charge in [0.25, 0.3) is 0 Å². The lowest BCUT2D eigenvalue weighted by atomic mass is 10.1. The minimum absolute atomic E-state index is 0.167. The molecule has 0 spiro atoms. The monoisotopic (exact) mass is 364 g/mol. The summed E-state index contributed by atoms with van der Waals surface area (Å²) < 4.78 is 0. The van der Waals surface area contributed by atoms with Crippen molar-refractivity contribution < 1.29 is 9.59 Å². The minimum atomic E-state index is -0.680. The molecule has 0 aliphatic carbocycles. The number of hydrogen-bond donors (Lipinski definition) is 1. The third kappa shape index (κ3) is 3.16. The average molecular weight is 365 g/mol. The number of carbonyl (C=O) groups excluding carboxylic acids is 2. The van der Waals surface area contributed by atoms with Crippen LogP contribution in [0.25, 0.3) is 10.8 Å². The number of hydrogen-bond acceptors (Lipinski definition) is 2. The zero-order valence-corrected chi connectivity index (χ0v) is 14.7. The van der Waals surface area contributed by atoms with Gasteiger partial charge in [0.15, 0.2) is 0 Å². The lowest BCUT2D eigenvalue weighted by molar-refractivity contribution is -0.129. The molecule has 2 amide bonds. The molecule has 0 aromatic heterocycles. The summed E-state index contributed by atoms with van der Waals surface area (Å²) in [5.74, 6) is -1.14. The first-order valence-electron chi connectivity index (χ1n) is 8.48. The lowest BCUT2D eigenvalue weighted by Gasteiger charge is -2.17. The van der Waals surface area contributed by atoms with Gasteiger partial charge in [0.05, 0.1) is 0 Å². The Morgan fingerprint density at radius 3 is 2.62 bits per heavy atom. The van der Waals surface area contributed by atoms with Crippen molar-refractivity contribution in [2.45, 2.75) is 6.42 Å². The Morgan fingerprint density at radius 1 is 1.00 bits per heavy atom. The van der Waals surface area contributed by atoms with Crippen molar-refractivity contribution in [2.24, 2.45) is 5.92 Å². The number of anilines is 2. The van der Waals surface area contributed by atoms with E-state index < -0.39 is 5.92 Å². The van der Waals surface area contributed by atoms with Gasteiger partial charge in [0.1, 0.15) is 5.92 Å². The molecule has 0 unspecified atom stereocenters. The van der Waals surface area contributed by atoms with E-state index in [9.17, 15) is 9.59 Å². The SMILES string of the molecule is O=C(Nc1cccc(Cl)c1)[C@@H]1CCN(c2ccc3ccccc3c2)C1=O. The van der Waals surface area contributed by atoms with Crippen LogP contribution >= 0.6 is 11.6 Å². The van der Waals surface area contributed by atoms with E-state index >= 15 is 0 Å². The van der Waals surface area contributed by atoms with Crippen LogP contribution in [0.15, 0.2) is 66.7 Å².